The molecule has 27 heavy (non-hydrogen) atoms. The van der Waals surface area contributed by atoms with Crippen LogP contribution in [0.4, 0.5) is 0 Å². The van der Waals surface area contributed by atoms with Gasteiger partial charge < -0.3 is 15.5 Å². The third-order valence-electron chi connectivity index (χ3n) is 5.77. The first-order chi connectivity index (χ1) is 12.7. The molecule has 3 heterocycles. The van der Waals surface area contributed by atoms with E-state index in [2.05, 4.69) is 22.8 Å². The van der Waals surface area contributed by atoms with E-state index < -0.39 is 0 Å². The number of hydrogen-bond donors (Lipinski definition) is 2. The van der Waals surface area contributed by atoms with Gasteiger partial charge in [0.15, 0.2) is 0 Å². The van der Waals surface area contributed by atoms with Gasteiger partial charge >= 0.3 is 0 Å². The summed E-state index contributed by atoms with van der Waals surface area (Å²) in [6, 6.07) is 8.24. The Labute approximate surface area is 171 Å². The fraction of sp³-hybridized carbons (Fsp3) is 0.600. The first-order valence-electron chi connectivity index (χ1n) is 9.74. The van der Waals surface area contributed by atoms with Crippen LogP contribution in [0.15, 0.2) is 29.2 Å². The van der Waals surface area contributed by atoms with Crippen molar-refractivity contribution in [3.63, 3.8) is 0 Å². The first-order valence-corrected chi connectivity index (χ1v) is 10.7. The lowest BCUT2D eigenvalue weighted by atomic mass is 9.94. The first kappa shape index (κ1) is 20.5. The molecule has 1 aromatic carbocycles. The Hall–Kier alpha value is -1.24. The van der Waals surface area contributed by atoms with Gasteiger partial charge in [-0.2, -0.15) is 0 Å². The van der Waals surface area contributed by atoms with Gasteiger partial charge in [0.05, 0.1) is 12.0 Å². The van der Waals surface area contributed by atoms with Crippen LogP contribution >= 0.6 is 24.2 Å². The monoisotopic (exact) mass is 409 g/mol. The van der Waals surface area contributed by atoms with Crippen LogP contribution in [-0.2, 0) is 9.59 Å². The highest BCUT2D eigenvalue weighted by Gasteiger charge is 2.34. The van der Waals surface area contributed by atoms with E-state index in [1.165, 1.54) is 10.5 Å². The van der Waals surface area contributed by atoms with Crippen LogP contribution < -0.4 is 10.6 Å². The molecule has 0 aliphatic carbocycles. The lowest BCUT2D eigenvalue weighted by molar-refractivity contribution is -0.134. The van der Waals surface area contributed by atoms with E-state index >= 15 is 0 Å². The van der Waals surface area contributed by atoms with Crippen molar-refractivity contribution in [2.75, 3.05) is 31.9 Å². The number of benzene rings is 1. The minimum absolute atomic E-state index is 0. The van der Waals surface area contributed by atoms with Crippen molar-refractivity contribution in [2.24, 2.45) is 5.92 Å². The highest BCUT2D eigenvalue weighted by atomic mass is 35.5. The molecule has 0 bridgehead atoms. The van der Waals surface area contributed by atoms with Gasteiger partial charge in [-0.25, -0.2) is 0 Å². The molecule has 148 valence electrons. The molecule has 2 amide bonds. The van der Waals surface area contributed by atoms with E-state index in [1.807, 2.05) is 17.0 Å². The van der Waals surface area contributed by atoms with Crippen molar-refractivity contribution < 1.29 is 9.59 Å². The topological polar surface area (TPSA) is 61.4 Å². The molecule has 7 heteroatoms. The number of fused-ring (bicyclic) bond motifs is 1. The van der Waals surface area contributed by atoms with Crippen molar-refractivity contribution in [1.82, 2.24) is 15.5 Å². The maximum absolute atomic E-state index is 13.1. The van der Waals surface area contributed by atoms with Crippen LogP contribution in [0.1, 0.15) is 37.2 Å². The largest absolute Gasteiger partial charge is 0.354 e. The zero-order valence-corrected chi connectivity index (χ0v) is 17.1. The lowest BCUT2D eigenvalue weighted by Gasteiger charge is -2.34. The molecule has 4 rings (SSSR count). The summed E-state index contributed by atoms with van der Waals surface area (Å²) >= 11 is 1.79. The Morgan fingerprint density at radius 3 is 2.89 bits per heavy atom. The Balaban J connectivity index is 0.00000210. The van der Waals surface area contributed by atoms with Crippen molar-refractivity contribution >= 4 is 36.0 Å². The molecule has 2 saturated heterocycles. The standard InChI is InChI=1S/C20H27N3O2S.ClH/c24-19(17-7-3-9-21-17)22-11-14-5-4-10-23(12-14)20(25)16-13-26-18-8-2-1-6-15(16)18;/h1-2,6,8,14,16-17,21H,3-5,7,9-13H2,(H,22,24);1H. The second-order valence-electron chi connectivity index (χ2n) is 7.59. The molecule has 0 radical (unpaired) electrons. The van der Waals surface area contributed by atoms with Crippen molar-refractivity contribution in [3.05, 3.63) is 29.8 Å². The maximum Gasteiger partial charge on any atom is 0.237 e. The Morgan fingerprint density at radius 1 is 1.22 bits per heavy atom. The summed E-state index contributed by atoms with van der Waals surface area (Å²) < 4.78 is 0. The second-order valence-corrected chi connectivity index (χ2v) is 8.65. The molecule has 1 aromatic rings. The molecule has 0 spiro atoms. The summed E-state index contributed by atoms with van der Waals surface area (Å²) in [6.45, 7) is 3.22. The molecule has 3 aliphatic rings. The third-order valence-corrected chi connectivity index (χ3v) is 6.95. The van der Waals surface area contributed by atoms with Crippen LogP contribution in [0.3, 0.4) is 0 Å². The number of hydrogen-bond acceptors (Lipinski definition) is 4. The third kappa shape index (κ3) is 4.61. The van der Waals surface area contributed by atoms with E-state index in [1.54, 1.807) is 11.8 Å². The molecule has 2 N–H and O–H groups in total. The van der Waals surface area contributed by atoms with Gasteiger partial charge in [-0.3, -0.25) is 9.59 Å². The highest BCUT2D eigenvalue weighted by molar-refractivity contribution is 7.99. The van der Waals surface area contributed by atoms with Crippen LogP contribution in [-0.4, -0.2) is 54.7 Å². The normalized spacial score (nSPS) is 27.0. The number of nitrogens with zero attached hydrogens (tertiary/aromatic N) is 1. The molecule has 0 aromatic heterocycles. The summed E-state index contributed by atoms with van der Waals surface area (Å²) in [5.41, 5.74) is 1.19. The highest BCUT2D eigenvalue weighted by Crippen LogP contribution is 2.40. The van der Waals surface area contributed by atoms with Gasteiger partial charge in [0, 0.05) is 30.3 Å². The minimum Gasteiger partial charge on any atom is -0.354 e. The molecule has 3 atom stereocenters. The fourth-order valence-electron chi connectivity index (χ4n) is 4.30. The molecular weight excluding hydrogens is 382 g/mol. The smallest absolute Gasteiger partial charge is 0.237 e. The summed E-state index contributed by atoms with van der Waals surface area (Å²) in [6.07, 6.45) is 4.11. The number of piperidine rings is 1. The van der Waals surface area contributed by atoms with Gasteiger partial charge in [0.2, 0.25) is 11.8 Å². The number of likely N-dealkylation sites (tertiary alicyclic amines) is 1. The van der Waals surface area contributed by atoms with Crippen LogP contribution in [0.5, 0.6) is 0 Å². The number of carbonyl (C=O) groups excluding carboxylic acids is 2. The van der Waals surface area contributed by atoms with E-state index in [9.17, 15) is 9.59 Å². The summed E-state index contributed by atoms with van der Waals surface area (Å²) in [5, 5.41) is 6.33. The number of rotatable bonds is 4. The maximum atomic E-state index is 13.1. The number of halogens is 1. The van der Waals surface area contributed by atoms with Gasteiger partial charge in [0.1, 0.15) is 0 Å². The van der Waals surface area contributed by atoms with Gasteiger partial charge in [-0.1, -0.05) is 18.2 Å². The summed E-state index contributed by atoms with van der Waals surface area (Å²) in [7, 11) is 0. The number of thioether (sulfide) groups is 1. The van der Waals surface area contributed by atoms with Gasteiger partial charge in [-0.15, -0.1) is 24.2 Å². The van der Waals surface area contributed by atoms with E-state index in [0.717, 1.165) is 51.1 Å². The number of carbonyl (C=O) groups is 2. The predicted octanol–water partition coefficient (Wildman–Crippen LogP) is 2.40. The zero-order valence-electron chi connectivity index (χ0n) is 15.5. The summed E-state index contributed by atoms with van der Waals surface area (Å²) in [4.78, 5) is 28.5. The quantitative estimate of drug-likeness (QED) is 0.801. The van der Waals surface area contributed by atoms with Crippen molar-refractivity contribution in [3.8, 4) is 0 Å². The average molecular weight is 410 g/mol. The molecule has 0 saturated carbocycles. The molecule has 2 fully saturated rings. The molecule has 5 nitrogen and oxygen atoms in total. The molecular formula is C20H28ClN3O2S. The fourth-order valence-corrected chi connectivity index (χ4v) is 5.52. The Morgan fingerprint density at radius 2 is 2.07 bits per heavy atom. The number of nitrogens with one attached hydrogen (secondary N) is 2. The van der Waals surface area contributed by atoms with Gasteiger partial charge in [-0.05, 0) is 49.8 Å². The van der Waals surface area contributed by atoms with E-state index in [0.29, 0.717) is 12.5 Å². The number of amides is 2. The Bertz CT molecular complexity index is 681. The molecule has 3 unspecified atom stereocenters. The Kier molecular flexibility index (Phi) is 7.06. The van der Waals surface area contributed by atoms with Crippen LogP contribution in [0, 0.1) is 5.92 Å². The molecule has 3 aliphatic heterocycles. The predicted molar refractivity (Wildman–Crippen MR) is 110 cm³/mol. The van der Waals surface area contributed by atoms with Crippen molar-refractivity contribution in [1.29, 1.82) is 0 Å². The minimum atomic E-state index is -0.0247. The van der Waals surface area contributed by atoms with Crippen molar-refractivity contribution in [2.45, 2.75) is 42.5 Å². The SMILES string of the molecule is Cl.O=C(NCC1CCCN(C(=O)C2CSc3ccccc32)C1)C1CCCN1. The van der Waals surface area contributed by atoms with E-state index in [-0.39, 0.29) is 36.2 Å². The average Bonchev–Trinajstić information content (AvgIpc) is 3.35. The second kappa shape index (κ2) is 9.30. The van der Waals surface area contributed by atoms with Crippen LogP contribution in [0.25, 0.3) is 0 Å². The summed E-state index contributed by atoms with van der Waals surface area (Å²) in [5.74, 6) is 1.58. The zero-order chi connectivity index (χ0) is 17.9. The van der Waals surface area contributed by atoms with Gasteiger partial charge in [0.25, 0.3) is 0 Å². The van der Waals surface area contributed by atoms with Crippen LogP contribution in [0.2, 0.25) is 0 Å². The lowest BCUT2D eigenvalue weighted by Crippen LogP contribution is -2.47. The van der Waals surface area contributed by atoms with E-state index in [4.69, 9.17) is 0 Å².